The first kappa shape index (κ1) is 18.4. The molecule has 1 heterocycles. The van der Waals surface area contributed by atoms with E-state index in [-0.39, 0.29) is 12.1 Å². The second kappa shape index (κ2) is 7.60. The largest absolute Gasteiger partial charge is 0.459 e. The summed E-state index contributed by atoms with van der Waals surface area (Å²) in [6.07, 6.45) is 6.37. The lowest BCUT2D eigenvalue weighted by molar-refractivity contribution is 0.0319. The second-order valence-electron chi connectivity index (χ2n) is 7.67. The molecule has 5 nitrogen and oxygen atoms in total. The Morgan fingerprint density at radius 2 is 2.00 bits per heavy atom. The second-order valence-corrected chi connectivity index (χ2v) is 8.70. The Hall–Kier alpha value is -1.92. The Morgan fingerprint density at radius 3 is 2.70 bits per heavy atom. The highest BCUT2D eigenvalue weighted by Crippen LogP contribution is 2.39. The number of hydrogen-bond donors (Lipinski definition) is 1. The highest BCUT2D eigenvalue weighted by atomic mass is 32.1. The van der Waals surface area contributed by atoms with Crippen molar-refractivity contribution in [3.8, 4) is 10.6 Å². The van der Waals surface area contributed by atoms with Gasteiger partial charge in [0.2, 0.25) is 0 Å². The number of aryl methyl sites for hydroxylation is 1. The maximum atomic E-state index is 13.0. The van der Waals surface area contributed by atoms with Gasteiger partial charge in [-0.2, -0.15) is 0 Å². The van der Waals surface area contributed by atoms with Crippen molar-refractivity contribution in [2.45, 2.75) is 57.2 Å². The number of ether oxygens (including phenoxy) is 1. The molecule has 0 radical (unpaired) electrons. The van der Waals surface area contributed by atoms with Crippen molar-refractivity contribution in [2.75, 3.05) is 19.0 Å². The first-order valence-corrected chi connectivity index (χ1v) is 10.5. The van der Waals surface area contributed by atoms with Gasteiger partial charge >= 0.3 is 5.97 Å². The van der Waals surface area contributed by atoms with Crippen molar-refractivity contribution in [2.24, 2.45) is 0 Å². The third kappa shape index (κ3) is 3.73. The van der Waals surface area contributed by atoms with Crippen LogP contribution in [-0.4, -0.2) is 36.3 Å². The Morgan fingerprint density at radius 1 is 1.22 bits per heavy atom. The number of carbonyl (C=O) groups is 1. The molecule has 1 saturated carbocycles. The van der Waals surface area contributed by atoms with Crippen molar-refractivity contribution < 1.29 is 14.6 Å². The van der Waals surface area contributed by atoms with Gasteiger partial charge in [-0.15, -0.1) is 11.3 Å². The van der Waals surface area contributed by atoms with E-state index in [0.717, 1.165) is 71.8 Å². The van der Waals surface area contributed by atoms with Crippen LogP contribution in [0.25, 0.3) is 10.6 Å². The summed E-state index contributed by atoms with van der Waals surface area (Å²) in [6, 6.07) is 5.85. The molecule has 2 aromatic rings. The molecule has 6 heteroatoms. The summed E-state index contributed by atoms with van der Waals surface area (Å²) < 4.78 is 5.79. The smallest absolute Gasteiger partial charge is 0.339 e. The molecule has 1 atom stereocenters. The van der Waals surface area contributed by atoms with Crippen molar-refractivity contribution in [3.63, 3.8) is 0 Å². The third-order valence-corrected chi connectivity index (χ3v) is 6.70. The molecule has 0 spiro atoms. The van der Waals surface area contributed by atoms with Gasteiger partial charge in [0.1, 0.15) is 11.1 Å². The molecule has 144 valence electrons. The lowest BCUT2D eigenvalue weighted by Gasteiger charge is -2.17. The quantitative estimate of drug-likeness (QED) is 0.792. The van der Waals surface area contributed by atoms with Crippen LogP contribution in [0, 0.1) is 0 Å². The monoisotopic (exact) mass is 386 g/mol. The Balaban J connectivity index is 1.72. The van der Waals surface area contributed by atoms with Crippen LogP contribution in [0.4, 0.5) is 5.69 Å². The van der Waals surface area contributed by atoms with Crippen LogP contribution < -0.4 is 4.90 Å². The fourth-order valence-electron chi connectivity index (χ4n) is 3.90. The van der Waals surface area contributed by atoms with Gasteiger partial charge in [-0.05, 0) is 63.1 Å². The summed E-state index contributed by atoms with van der Waals surface area (Å²) in [7, 11) is 3.92. The Labute approximate surface area is 164 Å². The molecule has 2 aliphatic rings. The summed E-state index contributed by atoms with van der Waals surface area (Å²) in [5, 5.41) is 11.1. The van der Waals surface area contributed by atoms with Crippen LogP contribution in [0.1, 0.15) is 65.6 Å². The first-order valence-electron chi connectivity index (χ1n) is 9.73. The number of fused-ring (bicyclic) bond motifs is 1. The van der Waals surface area contributed by atoms with Gasteiger partial charge in [-0.1, -0.05) is 0 Å². The van der Waals surface area contributed by atoms with E-state index in [1.54, 1.807) is 0 Å². The summed E-state index contributed by atoms with van der Waals surface area (Å²) >= 11 is 1.50. The SMILES string of the molecule is CN(C)c1ccc(-c2nc3c(s2)C(O)CCC3)c(C(=O)OC2CCCC2)c1. The molecule has 27 heavy (non-hydrogen) atoms. The highest BCUT2D eigenvalue weighted by molar-refractivity contribution is 7.15. The van der Waals surface area contributed by atoms with E-state index in [2.05, 4.69) is 0 Å². The van der Waals surface area contributed by atoms with Gasteiger partial charge in [0, 0.05) is 25.3 Å². The van der Waals surface area contributed by atoms with Gasteiger partial charge < -0.3 is 14.7 Å². The molecule has 1 aromatic heterocycles. The normalized spacial score (nSPS) is 19.7. The molecule has 4 rings (SSSR count). The van der Waals surface area contributed by atoms with Gasteiger partial charge in [0.25, 0.3) is 0 Å². The van der Waals surface area contributed by atoms with Crippen LogP contribution in [0.5, 0.6) is 0 Å². The molecule has 0 aliphatic heterocycles. The van der Waals surface area contributed by atoms with E-state index in [1.165, 1.54) is 11.3 Å². The number of carbonyl (C=O) groups excluding carboxylic acids is 1. The maximum Gasteiger partial charge on any atom is 0.339 e. The zero-order valence-corrected chi connectivity index (χ0v) is 16.7. The van der Waals surface area contributed by atoms with Crippen molar-refractivity contribution in [1.82, 2.24) is 4.98 Å². The van der Waals surface area contributed by atoms with Crippen LogP contribution in [0.15, 0.2) is 18.2 Å². The topological polar surface area (TPSA) is 62.7 Å². The molecule has 1 fully saturated rings. The van der Waals surface area contributed by atoms with E-state index < -0.39 is 6.10 Å². The maximum absolute atomic E-state index is 13.0. The molecule has 0 saturated heterocycles. The number of benzene rings is 1. The minimum Gasteiger partial charge on any atom is -0.459 e. The van der Waals surface area contributed by atoms with Gasteiger partial charge in [-0.25, -0.2) is 9.78 Å². The van der Waals surface area contributed by atoms with Crippen molar-refractivity contribution >= 4 is 23.0 Å². The molecule has 0 amide bonds. The van der Waals surface area contributed by atoms with Gasteiger partial charge in [-0.3, -0.25) is 0 Å². The Bertz CT molecular complexity index is 840. The molecular weight excluding hydrogens is 360 g/mol. The Kier molecular flexibility index (Phi) is 5.19. The van der Waals surface area contributed by atoms with Crippen LogP contribution in [0.3, 0.4) is 0 Å². The first-order chi connectivity index (χ1) is 13.0. The predicted molar refractivity (Wildman–Crippen MR) is 107 cm³/mol. The number of thiazole rings is 1. The summed E-state index contributed by atoms with van der Waals surface area (Å²) in [6.45, 7) is 0. The fraction of sp³-hybridized carbons (Fsp3) is 0.524. The standard InChI is InChI=1S/C21H26N2O3S/c1-23(2)13-10-11-15(16(12-13)21(25)26-14-6-3-4-7-14)20-22-17-8-5-9-18(24)19(17)27-20/h10-12,14,18,24H,3-9H2,1-2H3. The minimum atomic E-state index is -0.435. The van der Waals surface area contributed by atoms with Gasteiger partial charge in [0.15, 0.2) is 0 Å². The average molecular weight is 387 g/mol. The number of esters is 1. The minimum absolute atomic E-state index is 0.0275. The number of anilines is 1. The molecule has 2 aliphatic carbocycles. The predicted octanol–water partition coefficient (Wildman–Crippen LogP) is 4.35. The van der Waals surface area contributed by atoms with Crippen LogP contribution in [-0.2, 0) is 11.2 Å². The van der Waals surface area contributed by atoms with Gasteiger partial charge in [0.05, 0.1) is 22.2 Å². The summed E-state index contributed by atoms with van der Waals surface area (Å²) in [5.41, 5.74) is 3.29. The average Bonchev–Trinajstić information content (AvgIpc) is 3.31. The summed E-state index contributed by atoms with van der Waals surface area (Å²) in [4.78, 5) is 20.6. The highest BCUT2D eigenvalue weighted by Gasteiger charge is 2.27. The number of aliphatic hydroxyl groups is 1. The molecule has 0 bridgehead atoms. The number of aliphatic hydroxyl groups excluding tert-OH is 1. The van der Waals surface area contributed by atoms with E-state index in [1.807, 2.05) is 37.2 Å². The molecular formula is C21H26N2O3S. The van der Waals surface area contributed by atoms with Crippen LogP contribution >= 0.6 is 11.3 Å². The molecule has 1 unspecified atom stereocenters. The zero-order valence-electron chi connectivity index (χ0n) is 15.9. The van der Waals surface area contributed by atoms with Crippen molar-refractivity contribution in [1.29, 1.82) is 0 Å². The van der Waals surface area contributed by atoms with E-state index >= 15 is 0 Å². The molecule has 1 aromatic carbocycles. The number of nitrogens with zero attached hydrogens (tertiary/aromatic N) is 2. The lowest BCUT2D eigenvalue weighted by atomic mass is 10.0. The zero-order chi connectivity index (χ0) is 19.0. The molecule has 1 N–H and O–H groups in total. The number of rotatable bonds is 4. The number of hydrogen-bond acceptors (Lipinski definition) is 6. The fourth-order valence-corrected chi connectivity index (χ4v) is 5.07. The third-order valence-electron chi connectivity index (χ3n) is 5.47. The number of aromatic nitrogens is 1. The van der Waals surface area contributed by atoms with E-state index in [4.69, 9.17) is 9.72 Å². The van der Waals surface area contributed by atoms with E-state index in [9.17, 15) is 9.90 Å². The lowest BCUT2D eigenvalue weighted by Crippen LogP contribution is -2.17. The van der Waals surface area contributed by atoms with E-state index in [0.29, 0.717) is 5.56 Å². The van der Waals surface area contributed by atoms with Crippen LogP contribution in [0.2, 0.25) is 0 Å². The van der Waals surface area contributed by atoms with Crippen molar-refractivity contribution in [3.05, 3.63) is 34.3 Å². The summed E-state index contributed by atoms with van der Waals surface area (Å²) in [5.74, 6) is -0.269.